The molecule has 19 heavy (non-hydrogen) atoms. The number of nitrogens with zero attached hydrogens (tertiary/aromatic N) is 1. The predicted octanol–water partition coefficient (Wildman–Crippen LogP) is 4.06. The molecule has 0 spiro atoms. The van der Waals surface area contributed by atoms with Gasteiger partial charge in [0, 0.05) is 6.04 Å². The van der Waals surface area contributed by atoms with E-state index in [4.69, 9.17) is 0 Å². The number of rotatable bonds is 8. The minimum Gasteiger partial charge on any atom is -0.314 e. The third-order valence-corrected chi connectivity index (χ3v) is 4.38. The van der Waals surface area contributed by atoms with Gasteiger partial charge in [-0.05, 0) is 57.8 Å². The fraction of sp³-hybridized carbons (Fsp3) is 1.00. The molecule has 1 N–H and O–H groups in total. The second-order valence-corrected chi connectivity index (χ2v) is 6.64. The van der Waals surface area contributed by atoms with Gasteiger partial charge in [0.05, 0.1) is 0 Å². The van der Waals surface area contributed by atoms with E-state index in [2.05, 4.69) is 31.0 Å². The summed E-state index contributed by atoms with van der Waals surface area (Å²) < 4.78 is 0. The molecule has 1 unspecified atom stereocenters. The first-order valence-corrected chi connectivity index (χ1v) is 8.68. The molecule has 2 nitrogen and oxygen atoms in total. The van der Waals surface area contributed by atoms with Gasteiger partial charge in [0.25, 0.3) is 0 Å². The third kappa shape index (κ3) is 8.65. The SMILES string of the molecule is CCC1CCN(CCCCCCC(C)C)CCCN1. The van der Waals surface area contributed by atoms with E-state index in [-0.39, 0.29) is 0 Å². The van der Waals surface area contributed by atoms with Crippen molar-refractivity contribution in [1.82, 2.24) is 10.2 Å². The lowest BCUT2D eigenvalue weighted by Crippen LogP contribution is -2.39. The Balaban J connectivity index is 2.04. The maximum absolute atomic E-state index is 3.66. The van der Waals surface area contributed by atoms with Crippen LogP contribution in [0.4, 0.5) is 0 Å². The molecule has 1 saturated heterocycles. The summed E-state index contributed by atoms with van der Waals surface area (Å²) in [6.45, 7) is 12.1. The van der Waals surface area contributed by atoms with E-state index < -0.39 is 0 Å². The molecule has 0 radical (unpaired) electrons. The fourth-order valence-electron chi connectivity index (χ4n) is 2.97. The highest BCUT2D eigenvalue weighted by Crippen LogP contribution is 2.11. The van der Waals surface area contributed by atoms with Gasteiger partial charge in [-0.25, -0.2) is 0 Å². The Hall–Kier alpha value is -0.0800. The summed E-state index contributed by atoms with van der Waals surface area (Å²) in [6.07, 6.45) is 11.1. The van der Waals surface area contributed by atoms with Crippen molar-refractivity contribution in [2.75, 3.05) is 26.2 Å². The first kappa shape index (κ1) is 17.0. The zero-order chi connectivity index (χ0) is 13.9. The summed E-state index contributed by atoms with van der Waals surface area (Å²) in [5, 5.41) is 3.66. The molecule has 1 aliphatic heterocycles. The first-order chi connectivity index (χ1) is 9.22. The second-order valence-electron chi connectivity index (χ2n) is 6.64. The normalized spacial score (nSPS) is 22.4. The molecule has 1 heterocycles. The van der Waals surface area contributed by atoms with Gasteiger partial charge in [0.15, 0.2) is 0 Å². The van der Waals surface area contributed by atoms with Gasteiger partial charge in [0.2, 0.25) is 0 Å². The lowest BCUT2D eigenvalue weighted by molar-refractivity contribution is 0.227. The standard InChI is InChI=1S/C17H36N2/c1-4-17-11-15-19(14-9-12-18-17)13-8-6-5-7-10-16(2)3/h16-18H,4-15H2,1-3H3. The molecule has 1 atom stereocenters. The van der Waals surface area contributed by atoms with Crippen LogP contribution in [0, 0.1) is 5.92 Å². The molecule has 0 aromatic rings. The Morgan fingerprint density at radius 3 is 2.63 bits per heavy atom. The van der Waals surface area contributed by atoms with Gasteiger partial charge >= 0.3 is 0 Å². The highest BCUT2D eigenvalue weighted by molar-refractivity contribution is 4.72. The van der Waals surface area contributed by atoms with Crippen LogP contribution in [0.25, 0.3) is 0 Å². The Morgan fingerprint density at radius 2 is 1.89 bits per heavy atom. The van der Waals surface area contributed by atoms with E-state index >= 15 is 0 Å². The first-order valence-electron chi connectivity index (χ1n) is 8.68. The minimum absolute atomic E-state index is 0.758. The smallest absolute Gasteiger partial charge is 0.00766 e. The topological polar surface area (TPSA) is 15.3 Å². The summed E-state index contributed by atoms with van der Waals surface area (Å²) in [4.78, 5) is 2.70. The van der Waals surface area contributed by atoms with E-state index in [0.29, 0.717) is 0 Å². The Labute approximate surface area is 121 Å². The van der Waals surface area contributed by atoms with E-state index in [1.807, 2.05) is 0 Å². The maximum atomic E-state index is 3.66. The molecule has 0 amide bonds. The lowest BCUT2D eigenvalue weighted by Gasteiger charge is -2.28. The van der Waals surface area contributed by atoms with Crippen molar-refractivity contribution in [3.63, 3.8) is 0 Å². The van der Waals surface area contributed by atoms with Crippen LogP contribution < -0.4 is 5.32 Å². The van der Waals surface area contributed by atoms with Crippen LogP contribution >= 0.6 is 0 Å². The van der Waals surface area contributed by atoms with Crippen molar-refractivity contribution in [2.45, 2.75) is 78.2 Å². The van der Waals surface area contributed by atoms with E-state index in [1.54, 1.807) is 0 Å². The summed E-state index contributed by atoms with van der Waals surface area (Å²) in [5.41, 5.74) is 0. The van der Waals surface area contributed by atoms with Gasteiger partial charge in [-0.3, -0.25) is 0 Å². The van der Waals surface area contributed by atoms with Crippen LogP contribution in [0.15, 0.2) is 0 Å². The summed E-state index contributed by atoms with van der Waals surface area (Å²) >= 11 is 0. The van der Waals surface area contributed by atoms with Crippen LogP contribution in [0.1, 0.15) is 72.1 Å². The molecule has 1 rings (SSSR count). The Bertz CT molecular complexity index is 203. The average Bonchev–Trinajstić information content (AvgIpc) is 2.36. The molecular formula is C17H36N2. The molecule has 0 bridgehead atoms. The zero-order valence-electron chi connectivity index (χ0n) is 13.6. The number of unbranched alkanes of at least 4 members (excludes halogenated alkanes) is 3. The predicted molar refractivity (Wildman–Crippen MR) is 85.7 cm³/mol. The molecule has 0 aliphatic carbocycles. The van der Waals surface area contributed by atoms with Gasteiger partial charge in [-0.1, -0.05) is 46.5 Å². The highest BCUT2D eigenvalue weighted by Gasteiger charge is 2.12. The van der Waals surface area contributed by atoms with Crippen molar-refractivity contribution < 1.29 is 0 Å². The van der Waals surface area contributed by atoms with Crippen LogP contribution in [-0.2, 0) is 0 Å². The van der Waals surface area contributed by atoms with Gasteiger partial charge in [0.1, 0.15) is 0 Å². The van der Waals surface area contributed by atoms with Gasteiger partial charge in [-0.2, -0.15) is 0 Å². The van der Waals surface area contributed by atoms with Crippen LogP contribution in [-0.4, -0.2) is 37.1 Å². The Kier molecular flexibility index (Phi) is 9.54. The molecule has 1 aliphatic rings. The quantitative estimate of drug-likeness (QED) is 0.668. The molecule has 2 heteroatoms. The molecular weight excluding hydrogens is 232 g/mol. The minimum atomic E-state index is 0.758. The highest BCUT2D eigenvalue weighted by atomic mass is 15.1. The van der Waals surface area contributed by atoms with E-state index in [9.17, 15) is 0 Å². The van der Waals surface area contributed by atoms with Crippen LogP contribution in [0.2, 0.25) is 0 Å². The molecule has 0 aromatic heterocycles. The third-order valence-electron chi connectivity index (χ3n) is 4.38. The monoisotopic (exact) mass is 268 g/mol. The second kappa shape index (κ2) is 10.7. The number of nitrogens with one attached hydrogen (secondary N) is 1. The summed E-state index contributed by atoms with van der Waals surface area (Å²) in [5.74, 6) is 0.882. The fourth-order valence-corrected chi connectivity index (χ4v) is 2.97. The van der Waals surface area contributed by atoms with Crippen molar-refractivity contribution in [2.24, 2.45) is 5.92 Å². The maximum Gasteiger partial charge on any atom is 0.00766 e. The lowest BCUT2D eigenvalue weighted by atomic mass is 10.0. The van der Waals surface area contributed by atoms with Crippen molar-refractivity contribution in [3.8, 4) is 0 Å². The Morgan fingerprint density at radius 1 is 1.11 bits per heavy atom. The largest absolute Gasteiger partial charge is 0.314 e. The molecule has 0 saturated carbocycles. The van der Waals surface area contributed by atoms with Crippen LogP contribution in [0.3, 0.4) is 0 Å². The molecule has 0 aromatic carbocycles. The summed E-state index contributed by atoms with van der Waals surface area (Å²) in [7, 11) is 0. The van der Waals surface area contributed by atoms with Crippen LogP contribution in [0.5, 0.6) is 0 Å². The summed E-state index contributed by atoms with van der Waals surface area (Å²) in [6, 6.07) is 0.758. The van der Waals surface area contributed by atoms with Crippen molar-refractivity contribution in [1.29, 1.82) is 0 Å². The molecule has 1 fully saturated rings. The van der Waals surface area contributed by atoms with Crippen molar-refractivity contribution >= 4 is 0 Å². The number of hydrogen-bond donors (Lipinski definition) is 1. The van der Waals surface area contributed by atoms with E-state index in [1.165, 1.54) is 77.5 Å². The van der Waals surface area contributed by atoms with Gasteiger partial charge < -0.3 is 10.2 Å². The number of hydrogen-bond acceptors (Lipinski definition) is 2. The van der Waals surface area contributed by atoms with Gasteiger partial charge in [-0.15, -0.1) is 0 Å². The van der Waals surface area contributed by atoms with E-state index in [0.717, 1.165) is 12.0 Å². The van der Waals surface area contributed by atoms with Crippen molar-refractivity contribution in [3.05, 3.63) is 0 Å². The average molecular weight is 268 g/mol. The zero-order valence-corrected chi connectivity index (χ0v) is 13.6. The molecule has 114 valence electrons.